The topological polar surface area (TPSA) is 86.5 Å². The third-order valence-corrected chi connectivity index (χ3v) is 6.12. The van der Waals surface area contributed by atoms with Crippen LogP contribution in [0.3, 0.4) is 0 Å². The Hall–Kier alpha value is -2.68. The number of para-hydroxylation sites is 1. The molecular formula is C23H25BrN4O3. The second kappa shape index (κ2) is 10.1. The number of H-pyrrole nitrogens is 1. The number of anilines is 1. The highest BCUT2D eigenvalue weighted by Gasteiger charge is 2.16. The molecule has 3 N–H and O–H groups in total. The lowest BCUT2D eigenvalue weighted by molar-refractivity contribution is -0.116. The SMILES string of the molecule is O=C(CCN1CCOCC1)Nc1cccc(CNC(=O)c2[nH]c3ccccc3c2Br)c1. The van der Waals surface area contributed by atoms with Crippen LogP contribution in [0.4, 0.5) is 5.69 Å². The molecule has 7 nitrogen and oxygen atoms in total. The Bertz CT molecular complexity index is 1080. The summed E-state index contributed by atoms with van der Waals surface area (Å²) < 4.78 is 6.08. The number of ether oxygens (including phenoxy) is 1. The first-order valence-electron chi connectivity index (χ1n) is 10.3. The molecule has 0 aliphatic carbocycles. The van der Waals surface area contributed by atoms with Crippen LogP contribution in [0.1, 0.15) is 22.5 Å². The molecule has 0 radical (unpaired) electrons. The van der Waals surface area contributed by atoms with Crippen molar-refractivity contribution in [2.24, 2.45) is 0 Å². The zero-order valence-corrected chi connectivity index (χ0v) is 18.7. The predicted octanol–water partition coefficient (Wildman–Crippen LogP) is 3.52. The first-order chi connectivity index (χ1) is 15.1. The smallest absolute Gasteiger partial charge is 0.269 e. The van der Waals surface area contributed by atoms with Crippen LogP contribution in [-0.4, -0.2) is 54.5 Å². The summed E-state index contributed by atoms with van der Waals surface area (Å²) in [6, 6.07) is 15.3. The van der Waals surface area contributed by atoms with Gasteiger partial charge in [0.15, 0.2) is 0 Å². The molecule has 2 heterocycles. The van der Waals surface area contributed by atoms with E-state index in [9.17, 15) is 9.59 Å². The van der Waals surface area contributed by atoms with Crippen LogP contribution in [-0.2, 0) is 16.1 Å². The average Bonchev–Trinajstić information content (AvgIpc) is 3.14. The fraction of sp³-hybridized carbons (Fsp3) is 0.304. The van der Waals surface area contributed by atoms with E-state index in [-0.39, 0.29) is 11.8 Å². The van der Waals surface area contributed by atoms with Gasteiger partial charge in [-0.15, -0.1) is 0 Å². The third kappa shape index (κ3) is 5.52. The first-order valence-corrected chi connectivity index (χ1v) is 11.1. The number of hydrogen-bond acceptors (Lipinski definition) is 4. The van der Waals surface area contributed by atoms with Gasteiger partial charge in [-0.2, -0.15) is 0 Å². The molecule has 1 aliphatic heterocycles. The number of aromatic nitrogens is 1. The van der Waals surface area contributed by atoms with E-state index in [4.69, 9.17) is 4.74 Å². The molecule has 0 spiro atoms. The molecule has 2 amide bonds. The predicted molar refractivity (Wildman–Crippen MR) is 124 cm³/mol. The van der Waals surface area contributed by atoms with E-state index in [1.54, 1.807) is 0 Å². The van der Waals surface area contributed by atoms with Gasteiger partial charge in [0, 0.05) is 49.2 Å². The molecule has 1 saturated heterocycles. The lowest BCUT2D eigenvalue weighted by Gasteiger charge is -2.26. The summed E-state index contributed by atoms with van der Waals surface area (Å²) in [6.07, 6.45) is 0.440. The van der Waals surface area contributed by atoms with Gasteiger partial charge in [0.05, 0.1) is 17.7 Å². The Morgan fingerprint density at radius 2 is 1.90 bits per heavy atom. The van der Waals surface area contributed by atoms with Crippen molar-refractivity contribution in [3.63, 3.8) is 0 Å². The van der Waals surface area contributed by atoms with Crippen LogP contribution in [0.5, 0.6) is 0 Å². The third-order valence-electron chi connectivity index (χ3n) is 5.29. The summed E-state index contributed by atoms with van der Waals surface area (Å²) in [5, 5.41) is 6.85. The Kier molecular flexibility index (Phi) is 7.01. The highest BCUT2D eigenvalue weighted by molar-refractivity contribution is 9.10. The van der Waals surface area contributed by atoms with Gasteiger partial charge in [-0.3, -0.25) is 14.5 Å². The number of fused-ring (bicyclic) bond motifs is 1. The lowest BCUT2D eigenvalue weighted by atomic mass is 10.2. The van der Waals surface area contributed by atoms with Gasteiger partial charge in [0.1, 0.15) is 5.69 Å². The average molecular weight is 485 g/mol. The number of benzene rings is 2. The van der Waals surface area contributed by atoms with Crippen LogP contribution >= 0.6 is 15.9 Å². The normalized spacial score (nSPS) is 14.5. The van der Waals surface area contributed by atoms with Gasteiger partial charge in [-0.25, -0.2) is 0 Å². The summed E-state index contributed by atoms with van der Waals surface area (Å²) >= 11 is 3.51. The molecule has 0 unspecified atom stereocenters. The molecule has 0 saturated carbocycles. The van der Waals surface area contributed by atoms with E-state index >= 15 is 0 Å². The number of aromatic amines is 1. The van der Waals surface area contributed by atoms with Gasteiger partial charge in [-0.05, 0) is 39.7 Å². The highest BCUT2D eigenvalue weighted by Crippen LogP contribution is 2.27. The summed E-state index contributed by atoms with van der Waals surface area (Å²) in [6.45, 7) is 4.28. The zero-order chi connectivity index (χ0) is 21.6. The monoisotopic (exact) mass is 484 g/mol. The van der Waals surface area contributed by atoms with Crippen molar-refractivity contribution in [2.75, 3.05) is 38.2 Å². The number of hydrogen-bond donors (Lipinski definition) is 3. The van der Waals surface area contributed by atoms with Gasteiger partial charge >= 0.3 is 0 Å². The molecule has 31 heavy (non-hydrogen) atoms. The Morgan fingerprint density at radius 3 is 2.71 bits per heavy atom. The standard InChI is InChI=1S/C23H25BrN4O3/c24-21-18-6-1-2-7-19(18)27-22(21)23(30)25-15-16-4-3-5-17(14-16)26-20(29)8-9-28-10-12-31-13-11-28/h1-7,14,27H,8-13,15H2,(H,25,30)(H,26,29). The number of halogens is 1. The molecule has 1 aliphatic rings. The number of amides is 2. The number of morpholine rings is 1. The Labute approximate surface area is 189 Å². The second-order valence-corrected chi connectivity index (χ2v) is 8.29. The number of nitrogens with zero attached hydrogens (tertiary/aromatic N) is 1. The largest absolute Gasteiger partial charge is 0.379 e. The van der Waals surface area contributed by atoms with Crippen molar-refractivity contribution >= 4 is 44.3 Å². The minimum Gasteiger partial charge on any atom is -0.379 e. The molecule has 2 aromatic carbocycles. The number of carbonyl (C=O) groups excluding carboxylic acids is 2. The number of rotatable bonds is 7. The molecule has 4 rings (SSSR count). The van der Waals surface area contributed by atoms with E-state index in [0.29, 0.717) is 18.7 Å². The van der Waals surface area contributed by atoms with Crippen LogP contribution in [0.15, 0.2) is 53.0 Å². The van der Waals surface area contributed by atoms with E-state index < -0.39 is 0 Å². The highest BCUT2D eigenvalue weighted by atomic mass is 79.9. The summed E-state index contributed by atoms with van der Waals surface area (Å²) in [5.41, 5.74) is 3.03. The maximum absolute atomic E-state index is 12.7. The lowest BCUT2D eigenvalue weighted by Crippen LogP contribution is -2.38. The van der Waals surface area contributed by atoms with Gasteiger partial charge < -0.3 is 20.4 Å². The van der Waals surface area contributed by atoms with E-state index in [2.05, 4.69) is 36.4 Å². The molecule has 0 bridgehead atoms. The molecule has 0 atom stereocenters. The number of nitrogens with one attached hydrogen (secondary N) is 3. The van der Waals surface area contributed by atoms with Crippen molar-refractivity contribution in [2.45, 2.75) is 13.0 Å². The summed E-state index contributed by atoms with van der Waals surface area (Å²) in [7, 11) is 0. The van der Waals surface area contributed by atoms with Crippen molar-refractivity contribution in [3.8, 4) is 0 Å². The Morgan fingerprint density at radius 1 is 1.10 bits per heavy atom. The quantitative estimate of drug-likeness (QED) is 0.478. The fourth-order valence-corrected chi connectivity index (χ4v) is 4.23. The molecule has 1 fully saturated rings. The van der Waals surface area contributed by atoms with Gasteiger partial charge in [-0.1, -0.05) is 30.3 Å². The molecule has 162 valence electrons. The Balaban J connectivity index is 1.31. The van der Waals surface area contributed by atoms with Crippen LogP contribution in [0, 0.1) is 0 Å². The van der Waals surface area contributed by atoms with Gasteiger partial charge in [0.2, 0.25) is 5.91 Å². The minimum atomic E-state index is -0.192. The maximum Gasteiger partial charge on any atom is 0.269 e. The number of carbonyl (C=O) groups is 2. The van der Waals surface area contributed by atoms with Gasteiger partial charge in [0.25, 0.3) is 5.91 Å². The van der Waals surface area contributed by atoms with Crippen molar-refractivity contribution < 1.29 is 14.3 Å². The minimum absolute atomic E-state index is 0.0188. The zero-order valence-electron chi connectivity index (χ0n) is 17.1. The molecule has 8 heteroatoms. The van der Waals surface area contributed by atoms with Crippen LogP contribution in [0.2, 0.25) is 0 Å². The maximum atomic E-state index is 12.7. The fourth-order valence-electron chi connectivity index (χ4n) is 3.60. The molecule has 1 aromatic heterocycles. The molecular weight excluding hydrogens is 460 g/mol. The van der Waals surface area contributed by atoms with E-state index in [1.165, 1.54) is 0 Å². The van der Waals surface area contributed by atoms with Crippen molar-refractivity contribution in [3.05, 3.63) is 64.3 Å². The summed E-state index contributed by atoms with van der Waals surface area (Å²) in [4.78, 5) is 30.3. The van der Waals surface area contributed by atoms with Crippen LogP contribution in [0.25, 0.3) is 10.9 Å². The van der Waals surface area contributed by atoms with E-state index in [1.807, 2.05) is 48.5 Å². The van der Waals surface area contributed by atoms with Crippen molar-refractivity contribution in [1.29, 1.82) is 0 Å². The first kappa shape index (κ1) is 21.5. The van der Waals surface area contributed by atoms with Crippen molar-refractivity contribution in [1.82, 2.24) is 15.2 Å². The summed E-state index contributed by atoms with van der Waals surface area (Å²) in [5.74, 6) is -0.210. The van der Waals surface area contributed by atoms with Crippen LogP contribution < -0.4 is 10.6 Å². The molecule has 3 aromatic rings. The van der Waals surface area contributed by atoms with E-state index in [0.717, 1.165) is 59.5 Å². The second-order valence-electron chi connectivity index (χ2n) is 7.49.